The number of hydrogen-bond acceptors (Lipinski definition) is 4. The predicted octanol–water partition coefficient (Wildman–Crippen LogP) is 2.46. The van der Waals surface area contributed by atoms with Gasteiger partial charge in [-0.05, 0) is 12.1 Å². The van der Waals surface area contributed by atoms with Gasteiger partial charge in [0.2, 0.25) is 5.95 Å². The number of rotatable bonds is 3. The van der Waals surface area contributed by atoms with E-state index in [9.17, 15) is 0 Å². The monoisotopic (exact) mass is 295 g/mol. The predicted molar refractivity (Wildman–Crippen MR) is 81.2 cm³/mol. The van der Waals surface area contributed by atoms with Gasteiger partial charge in [0.25, 0.3) is 0 Å². The van der Waals surface area contributed by atoms with Gasteiger partial charge >= 0.3 is 0 Å². The first-order valence-electron chi connectivity index (χ1n) is 6.07. The molecule has 0 aromatic carbocycles. The molecule has 2 aromatic heterocycles. The third kappa shape index (κ3) is 3.13. The highest BCUT2D eigenvalue weighted by molar-refractivity contribution is 6.90. The maximum absolute atomic E-state index is 6.24. The molecule has 0 fully saturated rings. The van der Waals surface area contributed by atoms with Gasteiger partial charge < -0.3 is 5.32 Å². The smallest absolute Gasteiger partial charge is 0.229 e. The Morgan fingerprint density at radius 1 is 1.32 bits per heavy atom. The zero-order valence-electron chi connectivity index (χ0n) is 11.8. The molecule has 0 radical (unpaired) electrons. The van der Waals surface area contributed by atoms with E-state index in [0.29, 0.717) is 11.1 Å². The molecule has 0 aliphatic heterocycles. The molecule has 1 N–H and O–H groups in total. The fraction of sp³-hybridized carbons (Fsp3) is 0.417. The van der Waals surface area contributed by atoms with Gasteiger partial charge in [-0.3, -0.25) is 4.68 Å². The molecule has 0 aliphatic rings. The fourth-order valence-electron chi connectivity index (χ4n) is 1.76. The van der Waals surface area contributed by atoms with Crippen LogP contribution in [0, 0.1) is 6.92 Å². The van der Waals surface area contributed by atoms with Crippen LogP contribution in [0.1, 0.15) is 5.56 Å². The van der Waals surface area contributed by atoms with Crippen molar-refractivity contribution in [3.05, 3.63) is 23.1 Å². The Morgan fingerprint density at radius 2 is 2.00 bits per heavy atom. The molecule has 102 valence electrons. The quantitative estimate of drug-likeness (QED) is 0.698. The fourth-order valence-corrected chi connectivity index (χ4v) is 3.87. The van der Waals surface area contributed by atoms with E-state index in [2.05, 4.69) is 40.0 Å². The molecule has 2 heterocycles. The topological polar surface area (TPSA) is 55.6 Å². The van der Waals surface area contributed by atoms with E-state index in [1.165, 1.54) is 0 Å². The van der Waals surface area contributed by atoms with E-state index < -0.39 is 8.07 Å². The second-order valence-corrected chi connectivity index (χ2v) is 11.0. The van der Waals surface area contributed by atoms with E-state index in [1.54, 1.807) is 4.68 Å². The average Bonchev–Trinajstić information content (AvgIpc) is 2.55. The van der Waals surface area contributed by atoms with Crippen LogP contribution in [0.15, 0.2) is 12.4 Å². The standard InChI is InChI=1S/C12H18ClN5Si/c1-8-7-18(2)17-11(8)16-12-14-6-9(10(13)15-12)19(3,4)5/h6-7H,1-5H3,(H,14,15,16,17). The van der Waals surface area contributed by atoms with Gasteiger partial charge in [0.05, 0.1) is 8.07 Å². The zero-order chi connectivity index (χ0) is 14.2. The SMILES string of the molecule is Cc1cn(C)nc1Nc1ncc([Si](C)(C)C)c(Cl)n1. The van der Waals surface area contributed by atoms with Crippen molar-refractivity contribution in [1.29, 1.82) is 0 Å². The van der Waals surface area contributed by atoms with Crippen LogP contribution in [0.3, 0.4) is 0 Å². The minimum absolute atomic E-state index is 0.480. The molecule has 0 saturated heterocycles. The number of halogens is 1. The van der Waals surface area contributed by atoms with Crippen LogP contribution in [0.5, 0.6) is 0 Å². The minimum Gasteiger partial charge on any atom is -0.307 e. The van der Waals surface area contributed by atoms with E-state index in [0.717, 1.165) is 16.6 Å². The number of nitrogens with one attached hydrogen (secondary N) is 1. The number of nitrogens with zero attached hydrogens (tertiary/aromatic N) is 4. The molecular weight excluding hydrogens is 278 g/mol. The summed E-state index contributed by atoms with van der Waals surface area (Å²) < 4.78 is 1.75. The Hall–Kier alpha value is -1.40. The van der Waals surface area contributed by atoms with Gasteiger partial charge in [0.1, 0.15) is 5.15 Å². The van der Waals surface area contributed by atoms with Gasteiger partial charge in [0, 0.05) is 25.0 Å². The molecular formula is C12H18ClN5Si. The molecule has 19 heavy (non-hydrogen) atoms. The Bertz CT molecular complexity index is 603. The Morgan fingerprint density at radius 3 is 2.47 bits per heavy atom. The van der Waals surface area contributed by atoms with Gasteiger partial charge in [-0.25, -0.2) is 9.97 Å². The summed E-state index contributed by atoms with van der Waals surface area (Å²) in [6.07, 6.45) is 3.75. The molecule has 0 atom stereocenters. The Labute approximate surface area is 119 Å². The summed E-state index contributed by atoms with van der Waals surface area (Å²) in [7, 11) is 0.371. The molecule has 0 saturated carbocycles. The number of anilines is 2. The first kappa shape index (κ1) is 14.0. The van der Waals surface area contributed by atoms with Crippen LogP contribution in [0.2, 0.25) is 24.8 Å². The van der Waals surface area contributed by atoms with Crippen molar-refractivity contribution >= 4 is 36.6 Å². The van der Waals surface area contributed by atoms with Crippen LogP contribution in [0.25, 0.3) is 0 Å². The lowest BCUT2D eigenvalue weighted by atomic mass is 10.4. The maximum atomic E-state index is 6.24. The highest BCUT2D eigenvalue weighted by Gasteiger charge is 2.21. The van der Waals surface area contributed by atoms with E-state index in [-0.39, 0.29) is 0 Å². The van der Waals surface area contributed by atoms with Crippen LogP contribution < -0.4 is 10.5 Å². The molecule has 2 aromatic rings. The van der Waals surface area contributed by atoms with Gasteiger partial charge in [0.15, 0.2) is 5.82 Å². The van der Waals surface area contributed by atoms with Crippen molar-refractivity contribution in [2.24, 2.45) is 7.05 Å². The van der Waals surface area contributed by atoms with Crippen LogP contribution in [-0.2, 0) is 7.05 Å². The summed E-state index contributed by atoms with van der Waals surface area (Å²) in [5.41, 5.74) is 1.04. The summed E-state index contributed by atoms with van der Waals surface area (Å²) in [6, 6.07) is 0. The lowest BCUT2D eigenvalue weighted by molar-refractivity contribution is 0.770. The summed E-state index contributed by atoms with van der Waals surface area (Å²) >= 11 is 6.24. The zero-order valence-corrected chi connectivity index (χ0v) is 13.6. The van der Waals surface area contributed by atoms with Crippen molar-refractivity contribution in [2.75, 3.05) is 5.32 Å². The highest BCUT2D eigenvalue weighted by atomic mass is 35.5. The van der Waals surface area contributed by atoms with Crippen molar-refractivity contribution in [3.8, 4) is 0 Å². The largest absolute Gasteiger partial charge is 0.307 e. The lowest BCUT2D eigenvalue weighted by Crippen LogP contribution is -2.39. The first-order valence-corrected chi connectivity index (χ1v) is 9.95. The van der Waals surface area contributed by atoms with Crippen molar-refractivity contribution < 1.29 is 0 Å². The second kappa shape index (κ2) is 4.94. The Kier molecular flexibility index (Phi) is 3.64. The summed E-state index contributed by atoms with van der Waals surface area (Å²) in [5, 5.41) is 8.99. The van der Waals surface area contributed by atoms with E-state index in [1.807, 2.05) is 26.4 Å². The molecule has 0 bridgehead atoms. The third-order valence-corrected chi connectivity index (χ3v) is 5.22. The van der Waals surface area contributed by atoms with E-state index in [4.69, 9.17) is 11.6 Å². The van der Waals surface area contributed by atoms with Gasteiger partial charge in [-0.2, -0.15) is 5.10 Å². The molecule has 0 unspecified atom stereocenters. The molecule has 0 aliphatic carbocycles. The number of aromatic nitrogens is 4. The summed E-state index contributed by atoms with van der Waals surface area (Å²) in [5.74, 6) is 1.23. The normalized spacial score (nSPS) is 11.7. The van der Waals surface area contributed by atoms with Gasteiger partial charge in [-0.15, -0.1) is 0 Å². The molecule has 7 heteroatoms. The summed E-state index contributed by atoms with van der Waals surface area (Å²) in [6.45, 7) is 8.63. The van der Waals surface area contributed by atoms with Crippen molar-refractivity contribution in [2.45, 2.75) is 26.6 Å². The average molecular weight is 296 g/mol. The van der Waals surface area contributed by atoms with Crippen molar-refractivity contribution in [3.63, 3.8) is 0 Å². The second-order valence-electron chi connectivity index (χ2n) is 5.61. The highest BCUT2D eigenvalue weighted by Crippen LogP contribution is 2.17. The number of aryl methyl sites for hydroxylation is 2. The van der Waals surface area contributed by atoms with Gasteiger partial charge in [-0.1, -0.05) is 31.2 Å². The molecule has 0 amide bonds. The molecule has 5 nitrogen and oxygen atoms in total. The Balaban J connectivity index is 2.28. The lowest BCUT2D eigenvalue weighted by Gasteiger charge is -2.17. The third-order valence-electron chi connectivity index (χ3n) is 2.79. The first-order chi connectivity index (χ1) is 8.77. The van der Waals surface area contributed by atoms with Crippen LogP contribution in [0.4, 0.5) is 11.8 Å². The van der Waals surface area contributed by atoms with Crippen LogP contribution in [-0.4, -0.2) is 27.8 Å². The van der Waals surface area contributed by atoms with Crippen molar-refractivity contribution in [1.82, 2.24) is 19.7 Å². The number of hydrogen-bond donors (Lipinski definition) is 1. The molecule has 2 rings (SSSR count). The minimum atomic E-state index is -1.50. The van der Waals surface area contributed by atoms with Crippen LogP contribution >= 0.6 is 11.6 Å². The summed E-state index contributed by atoms with van der Waals surface area (Å²) in [4.78, 5) is 8.64. The maximum Gasteiger partial charge on any atom is 0.229 e. The van der Waals surface area contributed by atoms with E-state index >= 15 is 0 Å². The molecule has 0 spiro atoms.